The van der Waals surface area contributed by atoms with Gasteiger partial charge in [-0.15, -0.1) is 0 Å². The molecule has 39 heavy (non-hydrogen) atoms. The molecule has 0 aliphatic carbocycles. The number of carbonyl (C=O) groups excluding carboxylic acids is 1. The standard InChI is InChI=1S/C28H23Cl2N3O5S/c1-37-27-16-20(4-15-26(27)38-18-19-2-7-22(29)8-3-19)17-31-32-28(34)21-5-11-24(12-6-21)33-39(35,36)25-13-9-23(30)10-14-25/h2-17,33H,18H2,1H3,(H,32,34)/b31-17+. The molecule has 0 radical (unpaired) electrons. The summed E-state index contributed by atoms with van der Waals surface area (Å²) in [6.45, 7) is 0.346. The summed E-state index contributed by atoms with van der Waals surface area (Å²) in [5.74, 6) is 0.601. The summed E-state index contributed by atoms with van der Waals surface area (Å²) in [4.78, 5) is 12.5. The Morgan fingerprint density at radius 1 is 0.872 bits per heavy atom. The molecule has 4 aromatic rings. The van der Waals surface area contributed by atoms with Gasteiger partial charge in [-0.1, -0.05) is 35.3 Å². The van der Waals surface area contributed by atoms with E-state index in [1.165, 1.54) is 61.9 Å². The average molecular weight is 584 g/mol. The quantitative estimate of drug-likeness (QED) is 0.172. The molecular weight excluding hydrogens is 561 g/mol. The largest absolute Gasteiger partial charge is 0.493 e. The van der Waals surface area contributed by atoms with Crippen molar-refractivity contribution in [3.63, 3.8) is 0 Å². The number of sulfonamides is 1. The number of methoxy groups -OCH3 is 1. The lowest BCUT2D eigenvalue weighted by Crippen LogP contribution is -2.18. The van der Waals surface area contributed by atoms with Crippen molar-refractivity contribution in [3.05, 3.63) is 118 Å². The molecule has 0 aromatic heterocycles. The van der Waals surface area contributed by atoms with Gasteiger partial charge in [-0.2, -0.15) is 5.10 Å². The van der Waals surface area contributed by atoms with Crippen LogP contribution in [0.5, 0.6) is 11.5 Å². The van der Waals surface area contributed by atoms with E-state index in [1.807, 2.05) is 12.1 Å². The van der Waals surface area contributed by atoms with Crippen LogP contribution in [0.25, 0.3) is 0 Å². The Labute approximate surface area is 236 Å². The molecule has 2 N–H and O–H groups in total. The molecule has 0 saturated heterocycles. The molecule has 0 heterocycles. The van der Waals surface area contributed by atoms with E-state index in [9.17, 15) is 13.2 Å². The predicted molar refractivity (Wildman–Crippen MR) is 153 cm³/mol. The molecule has 0 spiro atoms. The van der Waals surface area contributed by atoms with Crippen LogP contribution in [-0.2, 0) is 16.6 Å². The molecule has 0 saturated carbocycles. The molecule has 11 heteroatoms. The number of halogens is 2. The first-order valence-corrected chi connectivity index (χ1v) is 13.7. The number of nitrogens with one attached hydrogen (secondary N) is 2. The van der Waals surface area contributed by atoms with Crippen molar-refractivity contribution >= 4 is 51.0 Å². The summed E-state index contributed by atoms with van der Waals surface area (Å²) >= 11 is 11.7. The zero-order valence-corrected chi connectivity index (χ0v) is 22.9. The van der Waals surface area contributed by atoms with Gasteiger partial charge in [0.25, 0.3) is 15.9 Å². The first kappa shape index (κ1) is 28.0. The topological polar surface area (TPSA) is 106 Å². The molecular formula is C28H23Cl2N3O5S. The Hall–Kier alpha value is -4.05. The Balaban J connectivity index is 1.33. The zero-order chi connectivity index (χ0) is 27.8. The Morgan fingerprint density at radius 3 is 2.15 bits per heavy atom. The van der Waals surface area contributed by atoms with E-state index in [0.29, 0.717) is 45.0 Å². The van der Waals surface area contributed by atoms with Gasteiger partial charge in [0.15, 0.2) is 11.5 Å². The summed E-state index contributed by atoms with van der Waals surface area (Å²) in [5, 5.41) is 5.08. The molecule has 0 unspecified atom stereocenters. The highest BCUT2D eigenvalue weighted by Crippen LogP contribution is 2.28. The Morgan fingerprint density at radius 2 is 1.51 bits per heavy atom. The SMILES string of the molecule is COc1cc(/C=N/NC(=O)c2ccc(NS(=O)(=O)c3ccc(Cl)cc3)cc2)ccc1OCc1ccc(Cl)cc1. The van der Waals surface area contributed by atoms with Crippen molar-refractivity contribution in [3.8, 4) is 11.5 Å². The summed E-state index contributed by atoms with van der Waals surface area (Å²) in [7, 11) is -2.26. The van der Waals surface area contributed by atoms with Gasteiger partial charge in [0.1, 0.15) is 6.61 Å². The summed E-state index contributed by atoms with van der Waals surface area (Å²) < 4.78 is 38.8. The van der Waals surface area contributed by atoms with Gasteiger partial charge in [0.2, 0.25) is 0 Å². The number of amides is 1. The van der Waals surface area contributed by atoms with Crippen molar-refractivity contribution in [2.75, 3.05) is 11.8 Å². The van der Waals surface area contributed by atoms with Gasteiger partial charge in [0, 0.05) is 21.3 Å². The van der Waals surface area contributed by atoms with E-state index in [0.717, 1.165) is 5.56 Å². The molecule has 0 fully saturated rings. The second-order valence-corrected chi connectivity index (χ2v) is 10.7. The van der Waals surface area contributed by atoms with Gasteiger partial charge in [-0.25, -0.2) is 13.8 Å². The summed E-state index contributed by atoms with van der Waals surface area (Å²) in [6, 6.07) is 24.3. The minimum Gasteiger partial charge on any atom is -0.493 e. The van der Waals surface area contributed by atoms with E-state index in [1.54, 1.807) is 30.3 Å². The normalized spacial score (nSPS) is 11.3. The smallest absolute Gasteiger partial charge is 0.271 e. The molecule has 1 amide bonds. The lowest BCUT2D eigenvalue weighted by Gasteiger charge is -2.11. The molecule has 4 aromatic carbocycles. The second kappa shape index (κ2) is 12.7. The summed E-state index contributed by atoms with van der Waals surface area (Å²) in [6.07, 6.45) is 1.47. The number of anilines is 1. The first-order chi connectivity index (χ1) is 18.7. The Kier molecular flexibility index (Phi) is 9.08. The maximum Gasteiger partial charge on any atom is 0.271 e. The average Bonchev–Trinajstić information content (AvgIpc) is 2.93. The molecule has 0 aliphatic rings. The highest BCUT2D eigenvalue weighted by Gasteiger charge is 2.14. The lowest BCUT2D eigenvalue weighted by molar-refractivity contribution is 0.0955. The number of nitrogens with zero attached hydrogens (tertiary/aromatic N) is 1. The van der Waals surface area contributed by atoms with Crippen molar-refractivity contribution in [2.24, 2.45) is 5.10 Å². The highest BCUT2D eigenvalue weighted by molar-refractivity contribution is 7.92. The number of hydrazone groups is 1. The van der Waals surface area contributed by atoms with E-state index < -0.39 is 15.9 Å². The van der Waals surface area contributed by atoms with Crippen LogP contribution in [0, 0.1) is 0 Å². The van der Waals surface area contributed by atoms with Crippen molar-refractivity contribution < 1.29 is 22.7 Å². The van der Waals surface area contributed by atoms with Crippen LogP contribution in [0.2, 0.25) is 10.0 Å². The molecule has 8 nitrogen and oxygen atoms in total. The van der Waals surface area contributed by atoms with E-state index in [4.69, 9.17) is 32.7 Å². The third kappa shape index (κ3) is 7.73. The molecule has 4 rings (SSSR count). The monoisotopic (exact) mass is 583 g/mol. The molecule has 0 bridgehead atoms. The number of carbonyl (C=O) groups is 1. The van der Waals surface area contributed by atoms with Crippen LogP contribution in [0.3, 0.4) is 0 Å². The van der Waals surface area contributed by atoms with Gasteiger partial charge in [-0.3, -0.25) is 9.52 Å². The molecule has 0 atom stereocenters. The highest BCUT2D eigenvalue weighted by atomic mass is 35.5. The number of hydrogen-bond acceptors (Lipinski definition) is 6. The van der Waals surface area contributed by atoms with Crippen LogP contribution in [0.4, 0.5) is 5.69 Å². The second-order valence-electron chi connectivity index (χ2n) is 8.16. The molecule has 200 valence electrons. The third-order valence-electron chi connectivity index (χ3n) is 5.40. The van der Waals surface area contributed by atoms with Crippen LogP contribution in [0.15, 0.2) is 101 Å². The van der Waals surface area contributed by atoms with Gasteiger partial charge < -0.3 is 9.47 Å². The first-order valence-electron chi connectivity index (χ1n) is 11.5. The minimum atomic E-state index is -3.79. The van der Waals surface area contributed by atoms with Crippen molar-refractivity contribution in [1.82, 2.24) is 5.43 Å². The fourth-order valence-electron chi connectivity index (χ4n) is 3.37. The zero-order valence-electron chi connectivity index (χ0n) is 20.6. The van der Waals surface area contributed by atoms with E-state index in [2.05, 4.69) is 15.2 Å². The predicted octanol–water partition coefficient (Wildman–Crippen LogP) is 6.15. The number of rotatable bonds is 10. The van der Waals surface area contributed by atoms with Crippen molar-refractivity contribution in [1.29, 1.82) is 0 Å². The van der Waals surface area contributed by atoms with E-state index in [-0.39, 0.29) is 4.90 Å². The lowest BCUT2D eigenvalue weighted by atomic mass is 10.2. The van der Waals surface area contributed by atoms with Crippen LogP contribution < -0.4 is 19.6 Å². The Bertz CT molecular complexity index is 1580. The maximum atomic E-state index is 12.5. The van der Waals surface area contributed by atoms with Crippen LogP contribution in [-0.4, -0.2) is 27.6 Å². The van der Waals surface area contributed by atoms with Crippen LogP contribution in [0.1, 0.15) is 21.5 Å². The van der Waals surface area contributed by atoms with E-state index >= 15 is 0 Å². The van der Waals surface area contributed by atoms with Gasteiger partial charge >= 0.3 is 0 Å². The molecule has 0 aliphatic heterocycles. The number of hydrogen-bond donors (Lipinski definition) is 2. The maximum absolute atomic E-state index is 12.5. The number of benzene rings is 4. The summed E-state index contributed by atoms with van der Waals surface area (Å²) in [5.41, 5.74) is 4.68. The number of ether oxygens (including phenoxy) is 2. The van der Waals surface area contributed by atoms with Crippen molar-refractivity contribution in [2.45, 2.75) is 11.5 Å². The fraction of sp³-hybridized carbons (Fsp3) is 0.0714. The van der Waals surface area contributed by atoms with Crippen LogP contribution >= 0.6 is 23.2 Å². The fourth-order valence-corrected chi connectivity index (χ4v) is 4.68. The van der Waals surface area contributed by atoms with Gasteiger partial charge in [-0.05, 0) is 90.0 Å². The third-order valence-corrected chi connectivity index (χ3v) is 7.30. The minimum absolute atomic E-state index is 0.0702. The van der Waals surface area contributed by atoms with Gasteiger partial charge in [0.05, 0.1) is 18.2 Å².